The lowest BCUT2D eigenvalue weighted by atomic mass is 10.1. The number of para-hydroxylation sites is 1. The number of benzene rings is 2. The molecule has 0 fully saturated rings. The summed E-state index contributed by atoms with van der Waals surface area (Å²) in [6.07, 6.45) is 0.548. The first-order valence-corrected chi connectivity index (χ1v) is 8.94. The summed E-state index contributed by atoms with van der Waals surface area (Å²) in [6, 6.07) is 18.8. The second kappa shape index (κ2) is 7.87. The molecule has 0 saturated heterocycles. The number of aryl methyl sites for hydroxylation is 1. The highest BCUT2D eigenvalue weighted by Gasteiger charge is 2.10. The second-order valence-corrected chi connectivity index (χ2v) is 6.35. The summed E-state index contributed by atoms with van der Waals surface area (Å²) in [6.45, 7) is 0.146. The third-order valence-corrected chi connectivity index (χ3v) is 4.38. The molecule has 0 radical (unpaired) electrons. The molecule has 0 bridgehead atoms. The Morgan fingerprint density at radius 2 is 1.82 bits per heavy atom. The van der Waals surface area contributed by atoms with E-state index in [9.17, 15) is 9.59 Å². The average molecular weight is 374 g/mol. The fourth-order valence-electron chi connectivity index (χ4n) is 2.91. The summed E-state index contributed by atoms with van der Waals surface area (Å²) in [7, 11) is 0. The number of H-pyrrole nitrogens is 1. The number of aromatic amines is 1. The first kappa shape index (κ1) is 17.7. The monoisotopic (exact) mass is 374 g/mol. The Morgan fingerprint density at radius 1 is 1.04 bits per heavy atom. The number of aromatic nitrogens is 3. The van der Waals surface area contributed by atoms with Gasteiger partial charge in [-0.05, 0) is 36.1 Å². The maximum Gasteiger partial charge on any atom is 0.251 e. The Bertz CT molecular complexity index is 1160. The van der Waals surface area contributed by atoms with E-state index in [1.54, 1.807) is 0 Å². The first-order valence-electron chi connectivity index (χ1n) is 8.94. The number of hydrogen-bond donors (Lipinski definition) is 2. The van der Waals surface area contributed by atoms with Crippen LogP contribution in [0.4, 0.5) is 0 Å². The van der Waals surface area contributed by atoms with Crippen molar-refractivity contribution in [3.63, 3.8) is 0 Å². The van der Waals surface area contributed by atoms with Crippen LogP contribution >= 0.6 is 0 Å². The average Bonchev–Trinajstić information content (AvgIpc) is 3.20. The standard InChI is InChI=1S/C21H18N4O3/c26-18(11-10-16-12-15-8-4-5-9-17(15)23-20(16)27)22-13-19-24-25-21(28-19)14-6-2-1-3-7-14/h1-9,12H,10-11,13H2,(H,22,26)(H,23,27). The summed E-state index contributed by atoms with van der Waals surface area (Å²) in [5.74, 6) is 0.551. The molecule has 2 N–H and O–H groups in total. The molecule has 28 heavy (non-hydrogen) atoms. The summed E-state index contributed by atoms with van der Waals surface area (Å²) < 4.78 is 5.56. The lowest BCUT2D eigenvalue weighted by Crippen LogP contribution is -2.24. The topological polar surface area (TPSA) is 101 Å². The molecule has 4 aromatic rings. The Hall–Kier alpha value is -3.74. The molecule has 4 rings (SSSR count). The van der Waals surface area contributed by atoms with Gasteiger partial charge < -0.3 is 14.7 Å². The lowest BCUT2D eigenvalue weighted by Gasteiger charge is -2.04. The molecule has 7 heteroatoms. The van der Waals surface area contributed by atoms with E-state index in [2.05, 4.69) is 20.5 Å². The van der Waals surface area contributed by atoms with Crippen molar-refractivity contribution >= 4 is 16.8 Å². The SMILES string of the molecule is O=C(CCc1cc2ccccc2[nH]c1=O)NCc1nnc(-c2ccccc2)o1. The molecule has 0 spiro atoms. The van der Waals surface area contributed by atoms with Gasteiger partial charge in [0, 0.05) is 23.1 Å². The van der Waals surface area contributed by atoms with Crippen LogP contribution < -0.4 is 10.9 Å². The zero-order chi connectivity index (χ0) is 19.3. The van der Waals surface area contributed by atoms with Crippen molar-refractivity contribution < 1.29 is 9.21 Å². The quantitative estimate of drug-likeness (QED) is 0.540. The molecule has 1 amide bonds. The van der Waals surface area contributed by atoms with Crippen LogP contribution in [0.1, 0.15) is 17.9 Å². The maximum absolute atomic E-state index is 12.1. The number of carbonyl (C=O) groups excluding carboxylic acids is 1. The van der Waals surface area contributed by atoms with Gasteiger partial charge in [0.2, 0.25) is 17.7 Å². The van der Waals surface area contributed by atoms with Gasteiger partial charge >= 0.3 is 0 Å². The summed E-state index contributed by atoms with van der Waals surface area (Å²) in [4.78, 5) is 27.1. The number of fused-ring (bicyclic) bond motifs is 1. The van der Waals surface area contributed by atoms with E-state index in [1.807, 2.05) is 60.7 Å². The van der Waals surface area contributed by atoms with E-state index in [0.717, 1.165) is 16.5 Å². The fraction of sp³-hybridized carbons (Fsp3) is 0.143. The van der Waals surface area contributed by atoms with Gasteiger partial charge in [0.05, 0.1) is 6.54 Å². The van der Waals surface area contributed by atoms with Crippen LogP contribution in [0.5, 0.6) is 0 Å². The number of amides is 1. The minimum atomic E-state index is -0.188. The van der Waals surface area contributed by atoms with Gasteiger partial charge in [-0.2, -0.15) is 0 Å². The molecule has 0 unspecified atom stereocenters. The van der Waals surface area contributed by atoms with Crippen molar-refractivity contribution in [2.45, 2.75) is 19.4 Å². The largest absolute Gasteiger partial charge is 0.419 e. The predicted octanol–water partition coefficient (Wildman–Crippen LogP) is 2.83. The van der Waals surface area contributed by atoms with E-state index >= 15 is 0 Å². The molecule has 0 saturated carbocycles. The summed E-state index contributed by atoms with van der Waals surface area (Å²) in [5.41, 5.74) is 2.02. The number of carbonyl (C=O) groups is 1. The molecule has 140 valence electrons. The molecule has 0 atom stereocenters. The Labute approximate surface area is 160 Å². The molecule has 2 aromatic heterocycles. The van der Waals surface area contributed by atoms with Crippen LogP contribution in [0.2, 0.25) is 0 Å². The van der Waals surface area contributed by atoms with Gasteiger partial charge in [0.25, 0.3) is 5.56 Å². The number of nitrogens with zero attached hydrogens (tertiary/aromatic N) is 2. The van der Waals surface area contributed by atoms with Crippen molar-refractivity contribution in [1.82, 2.24) is 20.5 Å². The molecular formula is C21H18N4O3. The molecule has 0 aliphatic heterocycles. The van der Waals surface area contributed by atoms with Crippen LogP contribution in [-0.2, 0) is 17.8 Å². The third-order valence-electron chi connectivity index (χ3n) is 4.38. The smallest absolute Gasteiger partial charge is 0.251 e. The normalized spacial score (nSPS) is 10.9. The molecule has 0 aliphatic rings. The van der Waals surface area contributed by atoms with Gasteiger partial charge in [0.1, 0.15) is 0 Å². The van der Waals surface area contributed by atoms with Crippen LogP contribution in [0.3, 0.4) is 0 Å². The Morgan fingerprint density at radius 3 is 2.68 bits per heavy atom. The zero-order valence-corrected chi connectivity index (χ0v) is 15.0. The highest BCUT2D eigenvalue weighted by molar-refractivity contribution is 5.79. The van der Waals surface area contributed by atoms with Crippen molar-refractivity contribution in [1.29, 1.82) is 0 Å². The van der Waals surface area contributed by atoms with Gasteiger partial charge in [-0.25, -0.2) is 0 Å². The van der Waals surface area contributed by atoms with E-state index in [-0.39, 0.29) is 24.4 Å². The molecule has 2 heterocycles. The lowest BCUT2D eigenvalue weighted by molar-refractivity contribution is -0.121. The number of pyridine rings is 1. The predicted molar refractivity (Wildman–Crippen MR) is 104 cm³/mol. The van der Waals surface area contributed by atoms with Crippen molar-refractivity contribution in [3.8, 4) is 11.5 Å². The van der Waals surface area contributed by atoms with E-state index < -0.39 is 0 Å². The minimum absolute atomic E-state index is 0.146. The molecule has 2 aromatic carbocycles. The van der Waals surface area contributed by atoms with Crippen molar-refractivity contribution in [2.75, 3.05) is 0 Å². The first-order chi connectivity index (χ1) is 13.7. The van der Waals surface area contributed by atoms with Gasteiger partial charge in [0.15, 0.2) is 0 Å². The fourth-order valence-corrected chi connectivity index (χ4v) is 2.91. The van der Waals surface area contributed by atoms with Crippen molar-refractivity contribution in [2.24, 2.45) is 0 Å². The van der Waals surface area contributed by atoms with Crippen LogP contribution in [0.15, 0.2) is 69.9 Å². The van der Waals surface area contributed by atoms with E-state index in [4.69, 9.17) is 4.42 Å². The number of nitrogens with one attached hydrogen (secondary N) is 2. The van der Waals surface area contributed by atoms with Crippen LogP contribution in [0, 0.1) is 0 Å². The highest BCUT2D eigenvalue weighted by atomic mass is 16.4. The van der Waals surface area contributed by atoms with E-state index in [0.29, 0.717) is 23.8 Å². The maximum atomic E-state index is 12.1. The number of rotatable bonds is 6. The van der Waals surface area contributed by atoms with Crippen molar-refractivity contribution in [3.05, 3.63) is 82.5 Å². The molecule has 0 aliphatic carbocycles. The minimum Gasteiger partial charge on any atom is -0.419 e. The van der Waals surface area contributed by atoms with Crippen LogP contribution in [-0.4, -0.2) is 21.1 Å². The van der Waals surface area contributed by atoms with E-state index in [1.165, 1.54) is 0 Å². The molecular weight excluding hydrogens is 356 g/mol. The van der Waals surface area contributed by atoms with Gasteiger partial charge in [-0.3, -0.25) is 9.59 Å². The van der Waals surface area contributed by atoms with Crippen LogP contribution in [0.25, 0.3) is 22.4 Å². The zero-order valence-electron chi connectivity index (χ0n) is 15.0. The Kier molecular flexibility index (Phi) is 4.97. The number of hydrogen-bond acceptors (Lipinski definition) is 5. The summed E-state index contributed by atoms with van der Waals surface area (Å²) >= 11 is 0. The Balaban J connectivity index is 1.34. The summed E-state index contributed by atoms with van der Waals surface area (Å²) in [5, 5.41) is 11.6. The van der Waals surface area contributed by atoms with Gasteiger partial charge in [-0.15, -0.1) is 10.2 Å². The molecule has 7 nitrogen and oxygen atoms in total. The second-order valence-electron chi connectivity index (χ2n) is 6.35. The third kappa shape index (κ3) is 3.98. The highest BCUT2D eigenvalue weighted by Crippen LogP contribution is 2.16. The van der Waals surface area contributed by atoms with Gasteiger partial charge in [-0.1, -0.05) is 36.4 Å².